The summed E-state index contributed by atoms with van der Waals surface area (Å²) in [4.78, 5) is 15.2. The minimum absolute atomic E-state index is 0.186. The molecule has 1 saturated heterocycles. The molecule has 1 fully saturated rings. The first-order valence-corrected chi connectivity index (χ1v) is 12.0. The second-order valence-corrected chi connectivity index (χ2v) is 9.96. The van der Waals surface area contributed by atoms with Crippen molar-refractivity contribution in [2.75, 3.05) is 37.5 Å². The molecule has 0 radical (unpaired) electrons. The summed E-state index contributed by atoms with van der Waals surface area (Å²) < 4.78 is 26.8. The Morgan fingerprint density at radius 3 is 2.67 bits per heavy atom. The summed E-state index contributed by atoms with van der Waals surface area (Å²) in [5, 5.41) is 2.95. The van der Waals surface area contributed by atoms with E-state index in [4.69, 9.17) is 0 Å². The molecule has 3 rings (SSSR count). The second kappa shape index (κ2) is 10.1. The van der Waals surface area contributed by atoms with Gasteiger partial charge in [-0.3, -0.25) is 9.10 Å². The average Bonchev–Trinajstić information content (AvgIpc) is 2.77. The summed E-state index contributed by atoms with van der Waals surface area (Å²) in [7, 11) is -2.18. The van der Waals surface area contributed by atoms with E-state index in [0.29, 0.717) is 17.8 Å². The lowest BCUT2D eigenvalue weighted by atomic mass is 10.0. The van der Waals surface area contributed by atoms with Crippen molar-refractivity contribution in [1.82, 2.24) is 10.2 Å². The number of likely N-dealkylation sites (tertiary alicyclic amines) is 1. The van der Waals surface area contributed by atoms with E-state index in [2.05, 4.69) is 17.1 Å². The summed E-state index contributed by atoms with van der Waals surface area (Å²) in [6.07, 6.45) is 3.46. The van der Waals surface area contributed by atoms with Crippen LogP contribution in [0.25, 0.3) is 0 Å². The van der Waals surface area contributed by atoms with E-state index in [9.17, 15) is 13.2 Å². The van der Waals surface area contributed by atoms with Crippen molar-refractivity contribution >= 4 is 21.6 Å². The van der Waals surface area contributed by atoms with Crippen molar-refractivity contribution in [2.45, 2.75) is 31.1 Å². The van der Waals surface area contributed by atoms with Gasteiger partial charge in [-0.05, 0) is 68.6 Å². The third-order valence-electron chi connectivity index (χ3n) is 5.55. The number of nitrogens with one attached hydrogen (secondary N) is 1. The van der Waals surface area contributed by atoms with Gasteiger partial charge in [-0.2, -0.15) is 0 Å². The fourth-order valence-electron chi connectivity index (χ4n) is 3.83. The van der Waals surface area contributed by atoms with Gasteiger partial charge in [0.1, 0.15) is 0 Å². The lowest BCUT2D eigenvalue weighted by Gasteiger charge is -2.30. The van der Waals surface area contributed by atoms with Crippen LogP contribution < -0.4 is 9.62 Å². The first kappa shape index (κ1) is 22.3. The van der Waals surface area contributed by atoms with E-state index in [1.54, 1.807) is 54.6 Å². The molecule has 0 bridgehead atoms. The molecule has 1 heterocycles. The van der Waals surface area contributed by atoms with Gasteiger partial charge in [-0.25, -0.2) is 8.42 Å². The zero-order valence-electron chi connectivity index (χ0n) is 17.8. The van der Waals surface area contributed by atoms with Crippen molar-refractivity contribution in [3.63, 3.8) is 0 Å². The predicted octanol–water partition coefficient (Wildman–Crippen LogP) is 3.36. The van der Waals surface area contributed by atoms with E-state index >= 15 is 0 Å². The number of piperidine rings is 1. The third-order valence-corrected chi connectivity index (χ3v) is 7.35. The molecule has 2 aromatic rings. The van der Waals surface area contributed by atoms with Gasteiger partial charge in [0.15, 0.2) is 0 Å². The van der Waals surface area contributed by atoms with Crippen molar-refractivity contribution in [3.8, 4) is 0 Å². The molecule has 0 spiro atoms. The first-order valence-electron chi connectivity index (χ1n) is 10.5. The van der Waals surface area contributed by atoms with E-state index in [1.807, 2.05) is 0 Å². The lowest BCUT2D eigenvalue weighted by molar-refractivity contribution is 0.0950. The van der Waals surface area contributed by atoms with Gasteiger partial charge in [-0.15, -0.1) is 0 Å². The van der Waals surface area contributed by atoms with Crippen molar-refractivity contribution in [3.05, 3.63) is 60.2 Å². The summed E-state index contributed by atoms with van der Waals surface area (Å²) >= 11 is 0. The number of amides is 1. The number of hydrogen-bond donors (Lipinski definition) is 1. The SMILES string of the molecule is C[C@@H]1CCCN(CCCNC(=O)c2cccc(N(C)S(=O)(=O)c3ccccc3)c2)C1. The number of anilines is 1. The molecule has 0 aromatic heterocycles. The highest BCUT2D eigenvalue weighted by Gasteiger charge is 2.21. The number of carbonyl (C=O) groups is 1. The van der Waals surface area contributed by atoms with Crippen LogP contribution in [0.15, 0.2) is 59.5 Å². The van der Waals surface area contributed by atoms with Crippen LogP contribution in [-0.2, 0) is 10.0 Å². The molecule has 0 aliphatic carbocycles. The smallest absolute Gasteiger partial charge is 0.264 e. The van der Waals surface area contributed by atoms with Crippen molar-refractivity contribution in [2.24, 2.45) is 5.92 Å². The molecule has 0 unspecified atom stereocenters. The third kappa shape index (κ3) is 5.61. The quantitative estimate of drug-likeness (QED) is 0.653. The molecular weight excluding hydrogens is 398 g/mol. The van der Waals surface area contributed by atoms with Crippen LogP contribution >= 0.6 is 0 Å². The monoisotopic (exact) mass is 429 g/mol. The Hall–Kier alpha value is -2.38. The minimum Gasteiger partial charge on any atom is -0.352 e. The summed E-state index contributed by atoms with van der Waals surface area (Å²) in [6.45, 7) is 6.16. The largest absolute Gasteiger partial charge is 0.352 e. The van der Waals surface area contributed by atoms with Crippen LogP contribution in [0.2, 0.25) is 0 Å². The Bertz CT molecular complexity index is 947. The Labute approximate surface area is 179 Å². The second-order valence-electron chi connectivity index (χ2n) is 7.99. The topological polar surface area (TPSA) is 69.7 Å². The van der Waals surface area contributed by atoms with E-state index < -0.39 is 10.0 Å². The molecule has 1 atom stereocenters. The van der Waals surface area contributed by atoms with E-state index in [1.165, 1.54) is 24.2 Å². The van der Waals surface area contributed by atoms with Crippen LogP contribution in [0.3, 0.4) is 0 Å². The highest BCUT2D eigenvalue weighted by molar-refractivity contribution is 7.92. The minimum atomic E-state index is -3.68. The van der Waals surface area contributed by atoms with Gasteiger partial charge in [0, 0.05) is 25.7 Å². The molecule has 7 heteroatoms. The molecule has 1 aliphatic rings. The maximum atomic E-state index is 12.8. The van der Waals surface area contributed by atoms with Gasteiger partial charge < -0.3 is 10.2 Å². The fraction of sp³-hybridized carbons (Fsp3) is 0.435. The number of hydrogen-bond acceptors (Lipinski definition) is 4. The standard InChI is InChI=1S/C23H31N3O3S/c1-19-9-7-15-26(18-19)16-8-14-24-23(27)20-10-6-11-21(17-20)25(2)30(28,29)22-12-4-3-5-13-22/h3-6,10-13,17,19H,7-9,14-16,18H2,1-2H3,(H,24,27)/t19-/m1/s1. The average molecular weight is 430 g/mol. The molecule has 2 aromatic carbocycles. The number of nitrogens with zero attached hydrogens (tertiary/aromatic N) is 2. The van der Waals surface area contributed by atoms with E-state index in [0.717, 1.165) is 32.0 Å². The number of rotatable bonds is 8. The zero-order chi connectivity index (χ0) is 21.6. The molecular formula is C23H31N3O3S. The Kier molecular flexibility index (Phi) is 7.50. The zero-order valence-corrected chi connectivity index (χ0v) is 18.6. The highest BCUT2D eigenvalue weighted by atomic mass is 32.2. The van der Waals surface area contributed by atoms with Gasteiger partial charge in [0.25, 0.3) is 15.9 Å². The predicted molar refractivity (Wildman–Crippen MR) is 120 cm³/mol. The summed E-state index contributed by atoms with van der Waals surface area (Å²) in [5.74, 6) is 0.564. The lowest BCUT2D eigenvalue weighted by Crippen LogP contribution is -2.36. The van der Waals surface area contributed by atoms with Crippen LogP contribution in [0.4, 0.5) is 5.69 Å². The molecule has 162 valence electrons. The highest BCUT2D eigenvalue weighted by Crippen LogP contribution is 2.23. The number of carbonyl (C=O) groups excluding carboxylic acids is 1. The summed E-state index contributed by atoms with van der Waals surface area (Å²) in [5.41, 5.74) is 0.906. The number of sulfonamides is 1. The molecule has 6 nitrogen and oxygen atoms in total. The van der Waals surface area contributed by atoms with Crippen LogP contribution in [0, 0.1) is 5.92 Å². The molecule has 1 aliphatic heterocycles. The molecule has 0 saturated carbocycles. The maximum absolute atomic E-state index is 12.8. The Morgan fingerprint density at radius 2 is 1.93 bits per heavy atom. The van der Waals surface area contributed by atoms with Crippen molar-refractivity contribution in [1.29, 1.82) is 0 Å². The van der Waals surface area contributed by atoms with Gasteiger partial charge in [0.05, 0.1) is 10.6 Å². The van der Waals surface area contributed by atoms with Gasteiger partial charge >= 0.3 is 0 Å². The van der Waals surface area contributed by atoms with Crippen LogP contribution in [-0.4, -0.2) is 52.5 Å². The summed E-state index contributed by atoms with van der Waals surface area (Å²) in [6, 6.07) is 15.0. The maximum Gasteiger partial charge on any atom is 0.264 e. The first-order chi connectivity index (χ1) is 14.4. The molecule has 1 amide bonds. The van der Waals surface area contributed by atoms with Gasteiger partial charge in [0.2, 0.25) is 0 Å². The Balaban J connectivity index is 1.57. The molecule has 1 N–H and O–H groups in total. The van der Waals surface area contributed by atoms with E-state index in [-0.39, 0.29) is 10.8 Å². The van der Waals surface area contributed by atoms with Crippen LogP contribution in [0.1, 0.15) is 36.5 Å². The normalized spacial score (nSPS) is 17.5. The van der Waals surface area contributed by atoms with Crippen LogP contribution in [0.5, 0.6) is 0 Å². The fourth-order valence-corrected chi connectivity index (χ4v) is 5.04. The number of benzene rings is 2. The Morgan fingerprint density at radius 1 is 1.17 bits per heavy atom. The molecule has 30 heavy (non-hydrogen) atoms. The van der Waals surface area contributed by atoms with Gasteiger partial charge in [-0.1, -0.05) is 31.2 Å². The van der Waals surface area contributed by atoms with Crippen molar-refractivity contribution < 1.29 is 13.2 Å².